The molecule has 0 spiro atoms. The first-order valence-corrected chi connectivity index (χ1v) is 9.30. The van der Waals surface area contributed by atoms with E-state index in [1.54, 1.807) is 0 Å². The van der Waals surface area contributed by atoms with Crippen LogP contribution < -0.4 is 4.70 Å². The number of hydrogen-bond acceptors (Lipinski definition) is 0. The molecule has 2 saturated heterocycles. The summed E-state index contributed by atoms with van der Waals surface area (Å²) in [6, 6.07) is 3.17. The predicted molar refractivity (Wildman–Crippen MR) is 92.0 cm³/mol. The van der Waals surface area contributed by atoms with Crippen LogP contribution in [0.3, 0.4) is 0 Å². The largest absolute Gasteiger partial charge is 1.00 e. The summed E-state index contributed by atoms with van der Waals surface area (Å²) in [7, 11) is -3.67. The van der Waals surface area contributed by atoms with Crippen molar-refractivity contribution in [2.24, 2.45) is 0 Å². The number of nitrogens with zero attached hydrogens (tertiary/aromatic N) is 2. The molecule has 7 heteroatoms. The van der Waals surface area contributed by atoms with Crippen LogP contribution in [0.4, 0.5) is 12.9 Å². The Bertz CT molecular complexity index is 340. The van der Waals surface area contributed by atoms with E-state index in [0.29, 0.717) is 0 Å². The fourth-order valence-electron chi connectivity index (χ4n) is 4.15. The standard InChI is InChI=1S/C17H33N2.BF3.FH/c1-5-14-9-10-15(6-2)18(14)13-19-16(7-3)11-12-17(19)8-4;2-1(3)4;/h13-17H,5-12H2,1-4H3;;1H/q+1;;/p-1/t14-,15-,16-,17-;;/m1../s1. The van der Waals surface area contributed by atoms with Crippen molar-refractivity contribution < 1.29 is 22.2 Å². The molecule has 2 nitrogen and oxygen atoms in total. The van der Waals surface area contributed by atoms with Gasteiger partial charge >= 0.3 is 7.54 Å². The van der Waals surface area contributed by atoms with Gasteiger partial charge in [-0.1, -0.05) is 27.7 Å². The zero-order chi connectivity index (χ0) is 17.4. The second-order valence-electron chi connectivity index (χ2n) is 6.66. The molecule has 0 N–H and O–H groups in total. The molecular weight excluding hydrogens is 319 g/mol. The van der Waals surface area contributed by atoms with E-state index in [9.17, 15) is 12.9 Å². The molecule has 0 aliphatic carbocycles. The van der Waals surface area contributed by atoms with Gasteiger partial charge in [-0.15, -0.1) is 0 Å². The van der Waals surface area contributed by atoms with E-state index in [1.165, 1.54) is 51.4 Å². The van der Waals surface area contributed by atoms with Gasteiger partial charge in [0.05, 0.1) is 24.2 Å². The molecule has 2 fully saturated rings. The normalized spacial score (nSPS) is 29.0. The van der Waals surface area contributed by atoms with Gasteiger partial charge in [-0.3, -0.25) is 22.4 Å². The van der Waals surface area contributed by atoms with E-state index in [0.717, 1.165) is 24.2 Å². The average Bonchev–Trinajstić information content (AvgIpc) is 3.10. The number of likely N-dealkylation sites (tertiary alicyclic amines) is 1. The minimum Gasteiger partial charge on any atom is -1.00 e. The van der Waals surface area contributed by atoms with Crippen molar-refractivity contribution in [3.8, 4) is 0 Å². The minimum absolute atomic E-state index is 0. The zero-order valence-electron chi connectivity index (χ0n) is 15.5. The Morgan fingerprint density at radius 1 is 0.833 bits per heavy atom. The Morgan fingerprint density at radius 3 is 1.50 bits per heavy atom. The van der Waals surface area contributed by atoms with E-state index < -0.39 is 7.54 Å². The monoisotopic (exact) mass is 352 g/mol. The van der Waals surface area contributed by atoms with Gasteiger partial charge in [0.1, 0.15) is 0 Å². The van der Waals surface area contributed by atoms with Crippen molar-refractivity contribution in [1.29, 1.82) is 0 Å². The van der Waals surface area contributed by atoms with Gasteiger partial charge in [0.2, 0.25) is 6.34 Å². The van der Waals surface area contributed by atoms with E-state index in [2.05, 4.69) is 43.5 Å². The highest BCUT2D eigenvalue weighted by Crippen LogP contribution is 2.29. The molecule has 142 valence electrons. The molecule has 0 radical (unpaired) electrons. The van der Waals surface area contributed by atoms with Crippen LogP contribution in [-0.4, -0.2) is 47.5 Å². The van der Waals surface area contributed by atoms with Gasteiger partial charge in [-0.05, 0) is 51.4 Å². The van der Waals surface area contributed by atoms with Gasteiger partial charge in [0, 0.05) is 0 Å². The SMILES string of the molecule is CC[C@@H]1CC[C@@H](CC)N1C=[N+]1[C@H](CC)CC[C@H]1CC.FB(F)F.[F-]. The van der Waals surface area contributed by atoms with Crippen molar-refractivity contribution in [2.45, 2.75) is 103 Å². The molecule has 2 rings (SSSR count). The molecule has 4 atom stereocenters. The first kappa shape index (κ1) is 23.3. The smallest absolute Gasteiger partial charge is 0.762 e. The Morgan fingerprint density at radius 2 is 1.21 bits per heavy atom. The van der Waals surface area contributed by atoms with Crippen LogP contribution in [0.2, 0.25) is 0 Å². The molecule has 0 aromatic rings. The third kappa shape index (κ3) is 6.28. The van der Waals surface area contributed by atoms with Gasteiger partial charge < -0.3 is 4.70 Å². The lowest BCUT2D eigenvalue weighted by atomic mass is 10.1. The summed E-state index contributed by atoms with van der Waals surface area (Å²) in [5, 5.41) is 0. The quantitative estimate of drug-likeness (QED) is 0.317. The summed E-state index contributed by atoms with van der Waals surface area (Å²) in [4.78, 5) is 2.72. The lowest BCUT2D eigenvalue weighted by Crippen LogP contribution is -3.00. The van der Waals surface area contributed by atoms with E-state index in [1.807, 2.05) is 0 Å². The molecule has 0 aromatic heterocycles. The van der Waals surface area contributed by atoms with Crippen molar-refractivity contribution in [1.82, 2.24) is 4.90 Å². The highest BCUT2D eigenvalue weighted by molar-refractivity contribution is 6.33. The van der Waals surface area contributed by atoms with Gasteiger partial charge in [-0.25, -0.2) is 0 Å². The first-order chi connectivity index (χ1) is 11.0. The summed E-state index contributed by atoms with van der Waals surface area (Å²) in [6.45, 7) is 9.40. The Hall–Kier alpha value is -0.745. The van der Waals surface area contributed by atoms with Gasteiger partial charge in [0.15, 0.2) is 0 Å². The molecule has 0 amide bonds. The second-order valence-corrected chi connectivity index (χ2v) is 6.66. The summed E-state index contributed by atoms with van der Waals surface area (Å²) in [6.07, 6.45) is 13.3. The maximum atomic E-state index is 9.67. The molecule has 0 aromatic carbocycles. The second kappa shape index (κ2) is 11.7. The van der Waals surface area contributed by atoms with Crippen LogP contribution in [0.25, 0.3) is 0 Å². The summed E-state index contributed by atoms with van der Waals surface area (Å²) < 4.78 is 31.7. The molecule has 0 bridgehead atoms. The van der Waals surface area contributed by atoms with Crippen LogP contribution in [-0.2, 0) is 0 Å². The summed E-state index contributed by atoms with van der Waals surface area (Å²) in [5.41, 5.74) is 0. The Kier molecular flexibility index (Phi) is 11.4. The predicted octanol–water partition coefficient (Wildman–Crippen LogP) is 1.92. The van der Waals surface area contributed by atoms with Gasteiger partial charge in [-0.2, -0.15) is 0 Å². The summed E-state index contributed by atoms with van der Waals surface area (Å²) in [5.74, 6) is 0. The number of hydrogen-bond donors (Lipinski definition) is 0. The Labute approximate surface area is 145 Å². The lowest BCUT2D eigenvalue weighted by molar-refractivity contribution is -0.579. The molecule has 2 aliphatic heterocycles. The molecule has 0 unspecified atom stereocenters. The maximum absolute atomic E-state index is 9.67. The first-order valence-electron chi connectivity index (χ1n) is 9.30. The topological polar surface area (TPSA) is 6.25 Å². The molecular formula is C17H33BF4N2. The minimum atomic E-state index is -3.67. The molecule has 0 saturated carbocycles. The third-order valence-corrected chi connectivity index (χ3v) is 5.50. The fourth-order valence-corrected chi connectivity index (χ4v) is 4.15. The van der Waals surface area contributed by atoms with Crippen molar-refractivity contribution >= 4 is 13.9 Å². The van der Waals surface area contributed by atoms with Crippen molar-refractivity contribution in [2.75, 3.05) is 0 Å². The van der Waals surface area contributed by atoms with Gasteiger partial charge in [0.25, 0.3) is 0 Å². The van der Waals surface area contributed by atoms with Crippen LogP contribution in [0, 0.1) is 0 Å². The van der Waals surface area contributed by atoms with Crippen LogP contribution in [0.5, 0.6) is 0 Å². The van der Waals surface area contributed by atoms with Crippen LogP contribution in [0.15, 0.2) is 0 Å². The third-order valence-electron chi connectivity index (χ3n) is 5.50. The summed E-state index contributed by atoms with van der Waals surface area (Å²) >= 11 is 0. The van der Waals surface area contributed by atoms with Crippen molar-refractivity contribution in [3.63, 3.8) is 0 Å². The average molecular weight is 352 g/mol. The molecule has 2 aliphatic rings. The molecule has 24 heavy (non-hydrogen) atoms. The number of rotatable bonds is 5. The van der Waals surface area contributed by atoms with Crippen LogP contribution >= 0.6 is 0 Å². The highest BCUT2D eigenvalue weighted by Gasteiger charge is 2.38. The Balaban J connectivity index is 0.000000954. The number of halogens is 4. The van der Waals surface area contributed by atoms with E-state index >= 15 is 0 Å². The zero-order valence-corrected chi connectivity index (χ0v) is 15.5. The highest BCUT2D eigenvalue weighted by atomic mass is 19.4. The fraction of sp³-hybridized carbons (Fsp3) is 0.941. The maximum Gasteiger partial charge on any atom is 0.762 e. The van der Waals surface area contributed by atoms with E-state index in [4.69, 9.17) is 0 Å². The molecule has 2 heterocycles. The van der Waals surface area contributed by atoms with Crippen molar-refractivity contribution in [3.05, 3.63) is 0 Å². The lowest BCUT2D eigenvalue weighted by Gasteiger charge is -2.24. The van der Waals surface area contributed by atoms with E-state index in [-0.39, 0.29) is 4.70 Å². The van der Waals surface area contributed by atoms with Crippen LogP contribution in [0.1, 0.15) is 79.1 Å².